The lowest BCUT2D eigenvalue weighted by molar-refractivity contribution is 0.0597. The van der Waals surface area contributed by atoms with Gasteiger partial charge in [-0.2, -0.15) is 0 Å². The number of aromatic nitrogens is 1. The van der Waals surface area contributed by atoms with Gasteiger partial charge >= 0.3 is 0 Å². The fourth-order valence-electron chi connectivity index (χ4n) is 3.83. The highest BCUT2D eigenvalue weighted by molar-refractivity contribution is 6.07. The lowest BCUT2D eigenvalue weighted by Gasteiger charge is -2.37. The summed E-state index contributed by atoms with van der Waals surface area (Å²) in [6.07, 6.45) is 0. The maximum atomic E-state index is 13.4. The summed E-state index contributed by atoms with van der Waals surface area (Å²) < 4.78 is 5.77. The van der Waals surface area contributed by atoms with Crippen molar-refractivity contribution < 1.29 is 9.21 Å². The van der Waals surface area contributed by atoms with Crippen molar-refractivity contribution in [2.45, 2.75) is 33.7 Å². The predicted octanol–water partition coefficient (Wildman–Crippen LogP) is 4.28. The van der Waals surface area contributed by atoms with Gasteiger partial charge in [-0.3, -0.25) is 9.69 Å². The Kier molecular flexibility index (Phi) is 4.94. The molecule has 0 unspecified atom stereocenters. The van der Waals surface area contributed by atoms with Crippen LogP contribution in [0.25, 0.3) is 22.4 Å². The minimum absolute atomic E-state index is 0.0749. The monoisotopic (exact) mass is 377 g/mol. The van der Waals surface area contributed by atoms with Gasteiger partial charge in [0.15, 0.2) is 5.76 Å². The van der Waals surface area contributed by atoms with E-state index in [2.05, 4.69) is 24.8 Å². The van der Waals surface area contributed by atoms with E-state index in [0.29, 0.717) is 23.1 Å². The van der Waals surface area contributed by atoms with Gasteiger partial charge in [-0.25, -0.2) is 4.98 Å². The molecule has 3 aromatic rings. The van der Waals surface area contributed by atoms with Crippen LogP contribution < -0.4 is 0 Å². The van der Waals surface area contributed by atoms with Crippen LogP contribution in [-0.4, -0.2) is 52.9 Å². The fraction of sp³-hybridized carbons (Fsp3) is 0.391. The van der Waals surface area contributed by atoms with E-state index in [1.165, 1.54) is 0 Å². The third-order valence-electron chi connectivity index (χ3n) is 5.52. The van der Waals surface area contributed by atoms with Gasteiger partial charge in [0, 0.05) is 37.6 Å². The molecule has 0 bridgehead atoms. The Bertz CT molecular complexity index is 1010. The molecule has 1 amide bonds. The molecule has 1 aliphatic heterocycles. The van der Waals surface area contributed by atoms with E-state index in [-0.39, 0.29) is 5.91 Å². The first-order chi connectivity index (χ1) is 13.4. The molecule has 0 atom stereocenters. The second-order valence-electron chi connectivity index (χ2n) is 7.91. The standard InChI is InChI=1S/C23H27N3O2/c1-15(2)25-9-11-26(12-10-25)23(27)19-14-21(22-8-6-17(4)28-22)24-20-7-5-16(3)13-18(19)20/h5-8,13-15H,9-12H2,1-4H3. The van der Waals surface area contributed by atoms with E-state index < -0.39 is 0 Å². The molecule has 5 nitrogen and oxygen atoms in total. The average Bonchev–Trinajstić information content (AvgIpc) is 3.13. The largest absolute Gasteiger partial charge is 0.460 e. The molecular formula is C23H27N3O2. The number of furan rings is 1. The van der Waals surface area contributed by atoms with Crippen molar-refractivity contribution in [2.24, 2.45) is 0 Å². The Labute approximate surface area is 166 Å². The summed E-state index contributed by atoms with van der Waals surface area (Å²) in [5.41, 5.74) is 3.35. The molecule has 146 valence electrons. The van der Waals surface area contributed by atoms with E-state index in [4.69, 9.17) is 9.40 Å². The summed E-state index contributed by atoms with van der Waals surface area (Å²) in [5.74, 6) is 1.60. The lowest BCUT2D eigenvalue weighted by atomic mass is 10.0. The molecule has 0 radical (unpaired) electrons. The number of amides is 1. The number of rotatable bonds is 3. The van der Waals surface area contributed by atoms with Gasteiger partial charge in [-0.15, -0.1) is 0 Å². The predicted molar refractivity (Wildman–Crippen MR) is 112 cm³/mol. The summed E-state index contributed by atoms with van der Waals surface area (Å²) in [5, 5.41) is 0.906. The number of nitrogens with zero attached hydrogens (tertiary/aromatic N) is 3. The summed E-state index contributed by atoms with van der Waals surface area (Å²) in [6, 6.07) is 12.3. The number of pyridine rings is 1. The van der Waals surface area contributed by atoms with Crippen LogP contribution in [0.15, 0.2) is 40.8 Å². The number of hydrogen-bond acceptors (Lipinski definition) is 4. The maximum absolute atomic E-state index is 13.4. The number of piperazine rings is 1. The number of carbonyl (C=O) groups excluding carboxylic acids is 1. The molecule has 0 aliphatic carbocycles. The summed E-state index contributed by atoms with van der Waals surface area (Å²) >= 11 is 0. The Morgan fingerprint density at radius 3 is 2.43 bits per heavy atom. The smallest absolute Gasteiger partial charge is 0.254 e. The molecule has 1 aromatic carbocycles. The summed E-state index contributed by atoms with van der Waals surface area (Å²) in [6.45, 7) is 11.7. The minimum Gasteiger partial charge on any atom is -0.460 e. The molecular weight excluding hydrogens is 350 g/mol. The van der Waals surface area contributed by atoms with Crippen LogP contribution in [0, 0.1) is 13.8 Å². The third-order valence-corrected chi connectivity index (χ3v) is 5.52. The van der Waals surface area contributed by atoms with E-state index in [0.717, 1.165) is 48.4 Å². The number of carbonyl (C=O) groups is 1. The van der Waals surface area contributed by atoms with Gasteiger partial charge < -0.3 is 9.32 Å². The first-order valence-electron chi connectivity index (χ1n) is 9.94. The maximum Gasteiger partial charge on any atom is 0.254 e. The van der Waals surface area contributed by atoms with Crippen LogP contribution in [0.1, 0.15) is 35.5 Å². The summed E-state index contributed by atoms with van der Waals surface area (Å²) in [4.78, 5) is 22.6. The van der Waals surface area contributed by atoms with Crippen molar-refractivity contribution >= 4 is 16.8 Å². The highest BCUT2D eigenvalue weighted by atomic mass is 16.3. The number of aryl methyl sites for hydroxylation is 2. The molecule has 2 aromatic heterocycles. The lowest BCUT2D eigenvalue weighted by Crippen LogP contribution is -2.50. The van der Waals surface area contributed by atoms with Crippen molar-refractivity contribution in [1.29, 1.82) is 0 Å². The van der Waals surface area contributed by atoms with Gasteiger partial charge in [0.2, 0.25) is 0 Å². The van der Waals surface area contributed by atoms with Crippen molar-refractivity contribution in [2.75, 3.05) is 26.2 Å². The van der Waals surface area contributed by atoms with Crippen molar-refractivity contribution in [3.63, 3.8) is 0 Å². The zero-order valence-electron chi connectivity index (χ0n) is 17.0. The van der Waals surface area contributed by atoms with E-state index in [9.17, 15) is 4.79 Å². The third kappa shape index (κ3) is 3.54. The second kappa shape index (κ2) is 7.40. The van der Waals surface area contributed by atoms with Gasteiger partial charge in [0.25, 0.3) is 5.91 Å². The highest BCUT2D eigenvalue weighted by Crippen LogP contribution is 2.28. The molecule has 5 heteroatoms. The van der Waals surface area contributed by atoms with E-state index in [1.54, 1.807) is 0 Å². The van der Waals surface area contributed by atoms with Gasteiger partial charge in [-0.1, -0.05) is 11.6 Å². The molecule has 28 heavy (non-hydrogen) atoms. The Balaban J connectivity index is 1.74. The van der Waals surface area contributed by atoms with Gasteiger partial charge in [0.05, 0.1) is 11.1 Å². The highest BCUT2D eigenvalue weighted by Gasteiger charge is 2.25. The van der Waals surface area contributed by atoms with E-state index >= 15 is 0 Å². The van der Waals surface area contributed by atoms with Gasteiger partial charge in [0.1, 0.15) is 11.5 Å². The number of fused-ring (bicyclic) bond motifs is 1. The zero-order valence-corrected chi connectivity index (χ0v) is 17.0. The zero-order chi connectivity index (χ0) is 19.8. The van der Waals surface area contributed by atoms with E-state index in [1.807, 2.05) is 49.1 Å². The van der Waals surface area contributed by atoms with Crippen LogP contribution in [0.4, 0.5) is 0 Å². The van der Waals surface area contributed by atoms with Crippen LogP contribution in [0.3, 0.4) is 0 Å². The van der Waals surface area contributed by atoms with Crippen LogP contribution in [0.2, 0.25) is 0 Å². The Morgan fingerprint density at radius 1 is 1.04 bits per heavy atom. The molecule has 1 fully saturated rings. The van der Waals surface area contributed by atoms with Crippen LogP contribution in [-0.2, 0) is 0 Å². The topological polar surface area (TPSA) is 49.6 Å². The molecule has 3 heterocycles. The van der Waals surface area contributed by atoms with Crippen molar-refractivity contribution in [3.05, 3.63) is 53.3 Å². The second-order valence-corrected chi connectivity index (χ2v) is 7.91. The normalized spacial score (nSPS) is 15.5. The van der Waals surface area contributed by atoms with Crippen molar-refractivity contribution in [1.82, 2.24) is 14.8 Å². The fourth-order valence-corrected chi connectivity index (χ4v) is 3.83. The minimum atomic E-state index is 0.0749. The first-order valence-corrected chi connectivity index (χ1v) is 9.94. The van der Waals surface area contributed by atoms with Crippen molar-refractivity contribution in [3.8, 4) is 11.5 Å². The summed E-state index contributed by atoms with van der Waals surface area (Å²) in [7, 11) is 0. The quantitative estimate of drug-likeness (QED) is 0.684. The molecule has 0 N–H and O–H groups in total. The molecule has 4 rings (SSSR count). The molecule has 1 saturated heterocycles. The Hall–Kier alpha value is -2.66. The first kappa shape index (κ1) is 18.7. The molecule has 1 aliphatic rings. The average molecular weight is 377 g/mol. The van der Waals surface area contributed by atoms with Gasteiger partial charge in [-0.05, 0) is 58.0 Å². The SMILES string of the molecule is Cc1ccc2nc(-c3ccc(C)o3)cc(C(=O)N3CCN(C(C)C)CC3)c2c1. The van der Waals surface area contributed by atoms with Crippen LogP contribution in [0.5, 0.6) is 0 Å². The number of benzene rings is 1. The molecule has 0 saturated carbocycles. The Morgan fingerprint density at radius 2 is 1.79 bits per heavy atom. The van der Waals surface area contributed by atoms with Crippen LogP contribution >= 0.6 is 0 Å². The number of hydrogen-bond donors (Lipinski definition) is 0. The molecule has 0 spiro atoms.